The van der Waals surface area contributed by atoms with E-state index in [1.165, 1.54) is 12.3 Å². The Morgan fingerprint density at radius 2 is 2.21 bits per heavy atom. The SMILES string of the molecule is C=CN=C(/C=C/C#N)N1CCOCC1. The second-order valence-corrected chi connectivity index (χ2v) is 2.73. The molecule has 1 heterocycles. The third-order valence-corrected chi connectivity index (χ3v) is 1.87. The average Bonchev–Trinajstić information content (AvgIpc) is 2.25. The summed E-state index contributed by atoms with van der Waals surface area (Å²) >= 11 is 0. The largest absolute Gasteiger partial charge is 0.378 e. The first-order valence-electron chi connectivity index (χ1n) is 4.46. The summed E-state index contributed by atoms with van der Waals surface area (Å²) in [5.41, 5.74) is 0. The molecule has 4 heteroatoms. The molecule has 1 saturated heterocycles. The lowest BCUT2D eigenvalue weighted by atomic mass is 10.3. The molecule has 0 unspecified atom stereocenters. The maximum atomic E-state index is 8.42. The molecule has 1 rings (SSSR count). The van der Waals surface area contributed by atoms with E-state index in [-0.39, 0.29) is 0 Å². The third-order valence-electron chi connectivity index (χ3n) is 1.87. The van der Waals surface area contributed by atoms with E-state index in [0.717, 1.165) is 18.9 Å². The van der Waals surface area contributed by atoms with E-state index in [4.69, 9.17) is 10.00 Å². The van der Waals surface area contributed by atoms with Crippen LogP contribution in [0.5, 0.6) is 0 Å². The Bertz CT molecular complexity index is 282. The summed E-state index contributed by atoms with van der Waals surface area (Å²) < 4.78 is 5.22. The molecule has 0 radical (unpaired) electrons. The fourth-order valence-electron chi connectivity index (χ4n) is 1.23. The number of ether oxygens (including phenoxy) is 1. The molecule has 0 aromatic rings. The van der Waals surface area contributed by atoms with Crippen LogP contribution in [0.1, 0.15) is 0 Å². The minimum atomic E-state index is 0.705. The molecular weight excluding hydrogens is 178 g/mol. The van der Waals surface area contributed by atoms with E-state index in [9.17, 15) is 0 Å². The molecule has 0 aromatic heterocycles. The molecule has 1 aliphatic rings. The minimum absolute atomic E-state index is 0.705. The smallest absolute Gasteiger partial charge is 0.129 e. The maximum absolute atomic E-state index is 8.42. The van der Waals surface area contributed by atoms with E-state index in [1.807, 2.05) is 6.07 Å². The van der Waals surface area contributed by atoms with Crippen molar-refractivity contribution in [2.24, 2.45) is 4.99 Å². The Morgan fingerprint density at radius 1 is 1.50 bits per heavy atom. The summed E-state index contributed by atoms with van der Waals surface area (Å²) in [7, 11) is 0. The van der Waals surface area contributed by atoms with Crippen LogP contribution in [0, 0.1) is 11.3 Å². The van der Waals surface area contributed by atoms with E-state index in [1.54, 1.807) is 6.08 Å². The molecule has 4 nitrogen and oxygen atoms in total. The second kappa shape index (κ2) is 5.95. The molecule has 0 aromatic carbocycles. The molecule has 0 spiro atoms. The standard InChI is InChI=1S/C10H13N3O/c1-2-12-10(4-3-5-11)13-6-8-14-9-7-13/h2-4H,1,6-9H2/b4-3+,12-10?. The van der Waals surface area contributed by atoms with Crippen molar-refractivity contribution >= 4 is 5.84 Å². The van der Waals surface area contributed by atoms with Crippen LogP contribution in [0.4, 0.5) is 0 Å². The Kier molecular flexibility index (Phi) is 4.45. The summed E-state index contributed by atoms with van der Waals surface area (Å²) in [5.74, 6) is 0.768. The number of aliphatic imine (C=N–C) groups is 1. The zero-order valence-electron chi connectivity index (χ0n) is 8.02. The minimum Gasteiger partial charge on any atom is -0.378 e. The Labute approximate surface area is 83.8 Å². The van der Waals surface area contributed by atoms with Crippen molar-refractivity contribution in [2.75, 3.05) is 26.3 Å². The van der Waals surface area contributed by atoms with E-state index in [2.05, 4.69) is 16.5 Å². The molecule has 0 bridgehead atoms. The number of amidine groups is 1. The van der Waals surface area contributed by atoms with Gasteiger partial charge in [-0.3, -0.25) is 0 Å². The molecule has 0 N–H and O–H groups in total. The van der Waals surface area contributed by atoms with Crippen molar-refractivity contribution in [2.45, 2.75) is 0 Å². The van der Waals surface area contributed by atoms with Crippen LogP contribution in [0.2, 0.25) is 0 Å². The van der Waals surface area contributed by atoms with Gasteiger partial charge in [0, 0.05) is 25.4 Å². The van der Waals surface area contributed by atoms with Gasteiger partial charge in [0.25, 0.3) is 0 Å². The van der Waals surface area contributed by atoms with Gasteiger partial charge < -0.3 is 9.64 Å². The number of nitrogens with zero attached hydrogens (tertiary/aromatic N) is 3. The quantitative estimate of drug-likeness (QED) is 0.371. The van der Waals surface area contributed by atoms with Gasteiger partial charge in [-0.1, -0.05) is 6.58 Å². The van der Waals surface area contributed by atoms with Gasteiger partial charge in [0.15, 0.2) is 0 Å². The van der Waals surface area contributed by atoms with Crippen LogP contribution >= 0.6 is 0 Å². The molecule has 0 aliphatic carbocycles. The number of hydrogen-bond donors (Lipinski definition) is 0. The first-order chi connectivity index (χ1) is 6.88. The lowest BCUT2D eigenvalue weighted by Crippen LogP contribution is -2.39. The van der Waals surface area contributed by atoms with Crippen molar-refractivity contribution in [1.82, 2.24) is 4.90 Å². The summed E-state index contributed by atoms with van der Waals surface area (Å²) in [4.78, 5) is 6.17. The summed E-state index contributed by atoms with van der Waals surface area (Å²) in [6.45, 7) is 6.57. The number of nitriles is 1. The van der Waals surface area contributed by atoms with Crippen molar-refractivity contribution < 1.29 is 4.74 Å². The number of hydrogen-bond acceptors (Lipinski definition) is 3. The zero-order valence-corrected chi connectivity index (χ0v) is 8.02. The fourth-order valence-corrected chi connectivity index (χ4v) is 1.23. The van der Waals surface area contributed by atoms with Gasteiger partial charge in [-0.25, -0.2) is 4.99 Å². The average molecular weight is 191 g/mol. The highest BCUT2D eigenvalue weighted by atomic mass is 16.5. The van der Waals surface area contributed by atoms with Gasteiger partial charge >= 0.3 is 0 Å². The number of morpholine rings is 1. The van der Waals surface area contributed by atoms with E-state index in [0.29, 0.717) is 13.2 Å². The Hall–Kier alpha value is -1.60. The highest BCUT2D eigenvalue weighted by Crippen LogP contribution is 2.00. The van der Waals surface area contributed by atoms with Gasteiger partial charge in [-0.2, -0.15) is 5.26 Å². The van der Waals surface area contributed by atoms with Gasteiger partial charge in [0.2, 0.25) is 0 Å². The predicted molar refractivity (Wildman–Crippen MR) is 54.8 cm³/mol. The molecule has 0 amide bonds. The van der Waals surface area contributed by atoms with Gasteiger partial charge in [0.05, 0.1) is 19.3 Å². The van der Waals surface area contributed by atoms with Crippen molar-refractivity contribution in [3.05, 3.63) is 24.9 Å². The Morgan fingerprint density at radius 3 is 2.79 bits per heavy atom. The molecule has 0 atom stereocenters. The molecule has 74 valence electrons. The lowest BCUT2D eigenvalue weighted by molar-refractivity contribution is 0.0684. The second-order valence-electron chi connectivity index (χ2n) is 2.73. The summed E-state index contributed by atoms with van der Waals surface area (Å²) in [6.07, 6.45) is 4.58. The first-order valence-corrected chi connectivity index (χ1v) is 4.46. The van der Waals surface area contributed by atoms with Crippen LogP contribution in [0.15, 0.2) is 29.9 Å². The van der Waals surface area contributed by atoms with Crippen molar-refractivity contribution in [3.8, 4) is 6.07 Å². The monoisotopic (exact) mass is 191 g/mol. The summed E-state index contributed by atoms with van der Waals surface area (Å²) in [5, 5.41) is 8.42. The molecule has 14 heavy (non-hydrogen) atoms. The molecule has 0 saturated carbocycles. The van der Waals surface area contributed by atoms with Crippen molar-refractivity contribution in [3.63, 3.8) is 0 Å². The maximum Gasteiger partial charge on any atom is 0.129 e. The Balaban J connectivity index is 2.66. The molecular formula is C10H13N3O. The van der Waals surface area contributed by atoms with Gasteiger partial charge in [-0.05, 0) is 6.08 Å². The van der Waals surface area contributed by atoms with E-state index >= 15 is 0 Å². The van der Waals surface area contributed by atoms with Crippen LogP contribution < -0.4 is 0 Å². The normalized spacial score (nSPS) is 18.2. The van der Waals surface area contributed by atoms with Crippen LogP contribution in [-0.4, -0.2) is 37.0 Å². The van der Waals surface area contributed by atoms with Gasteiger partial charge in [0.1, 0.15) is 5.84 Å². The number of rotatable bonds is 2. The first kappa shape index (κ1) is 10.5. The zero-order chi connectivity index (χ0) is 10.2. The molecule has 1 aliphatic heterocycles. The van der Waals surface area contributed by atoms with Crippen molar-refractivity contribution in [1.29, 1.82) is 5.26 Å². The van der Waals surface area contributed by atoms with Gasteiger partial charge in [-0.15, -0.1) is 0 Å². The van der Waals surface area contributed by atoms with Crippen LogP contribution in [0.25, 0.3) is 0 Å². The number of allylic oxidation sites excluding steroid dienone is 1. The highest BCUT2D eigenvalue weighted by Gasteiger charge is 2.12. The van der Waals surface area contributed by atoms with Crippen LogP contribution in [0.3, 0.4) is 0 Å². The third kappa shape index (κ3) is 3.04. The topological polar surface area (TPSA) is 48.6 Å². The van der Waals surface area contributed by atoms with Crippen LogP contribution in [-0.2, 0) is 4.74 Å². The predicted octanol–water partition coefficient (Wildman–Crippen LogP) is 0.940. The fraction of sp³-hybridized carbons (Fsp3) is 0.400. The highest BCUT2D eigenvalue weighted by molar-refractivity contribution is 5.93. The van der Waals surface area contributed by atoms with E-state index < -0.39 is 0 Å². The molecule has 1 fully saturated rings. The summed E-state index contributed by atoms with van der Waals surface area (Å²) in [6, 6.07) is 1.94. The lowest BCUT2D eigenvalue weighted by Gasteiger charge is -2.28.